The van der Waals surface area contributed by atoms with Gasteiger partial charge in [0.05, 0.1) is 4.90 Å². The zero-order chi connectivity index (χ0) is 20.3. The molecule has 2 fully saturated rings. The number of piperazine rings is 1. The molecular weight excluding hydrogens is 374 g/mol. The predicted octanol–water partition coefficient (Wildman–Crippen LogP) is 2.81. The van der Waals surface area contributed by atoms with Gasteiger partial charge in [0.25, 0.3) is 5.91 Å². The van der Waals surface area contributed by atoms with E-state index in [1.54, 1.807) is 31.3 Å². The number of hydrogen-bond acceptors (Lipinski definition) is 4. The third-order valence-electron chi connectivity index (χ3n) is 6.20. The minimum Gasteiger partial charge on any atom is -0.336 e. The Morgan fingerprint density at radius 1 is 1.00 bits per heavy atom. The molecule has 156 valence electrons. The Labute approximate surface area is 169 Å². The summed E-state index contributed by atoms with van der Waals surface area (Å²) in [6, 6.07) is 7.02. The van der Waals surface area contributed by atoms with Crippen molar-refractivity contribution in [1.82, 2.24) is 14.1 Å². The molecule has 0 bridgehead atoms. The molecule has 1 aliphatic carbocycles. The van der Waals surface area contributed by atoms with Crippen molar-refractivity contribution >= 4 is 15.9 Å². The summed E-state index contributed by atoms with van der Waals surface area (Å²) in [5, 5.41) is 0. The Morgan fingerprint density at radius 3 is 2.11 bits per heavy atom. The van der Waals surface area contributed by atoms with Crippen LogP contribution in [0.3, 0.4) is 0 Å². The van der Waals surface area contributed by atoms with Crippen molar-refractivity contribution in [2.75, 3.05) is 33.2 Å². The predicted molar refractivity (Wildman–Crippen MR) is 111 cm³/mol. The van der Waals surface area contributed by atoms with Crippen LogP contribution in [-0.2, 0) is 10.0 Å². The van der Waals surface area contributed by atoms with Gasteiger partial charge in [-0.2, -0.15) is 4.31 Å². The van der Waals surface area contributed by atoms with Crippen molar-refractivity contribution < 1.29 is 13.2 Å². The average Bonchev–Trinajstić information content (AvgIpc) is 2.73. The average molecular weight is 408 g/mol. The second kappa shape index (κ2) is 8.93. The Kier molecular flexibility index (Phi) is 6.78. The number of benzene rings is 1. The standard InChI is InChI=1S/C21H33N3O3S/c1-17(2)23-13-15-24(16-14-23)21(25)18-9-11-20(12-10-18)28(26,27)22(3)19-7-5-4-6-8-19/h9-12,17,19H,4-8,13-16H2,1-3H3. The Morgan fingerprint density at radius 2 is 1.57 bits per heavy atom. The van der Waals surface area contributed by atoms with E-state index in [0.717, 1.165) is 38.8 Å². The molecule has 1 saturated heterocycles. The molecule has 1 saturated carbocycles. The highest BCUT2D eigenvalue weighted by Gasteiger charge is 2.29. The van der Waals surface area contributed by atoms with E-state index < -0.39 is 10.0 Å². The van der Waals surface area contributed by atoms with Gasteiger partial charge in [0.1, 0.15) is 0 Å². The first kappa shape index (κ1) is 21.3. The fourth-order valence-electron chi connectivity index (χ4n) is 4.20. The first-order chi connectivity index (χ1) is 13.3. The number of carbonyl (C=O) groups is 1. The molecule has 1 aliphatic heterocycles. The third-order valence-corrected chi connectivity index (χ3v) is 8.12. The maximum atomic E-state index is 12.9. The van der Waals surface area contributed by atoms with Crippen molar-refractivity contribution in [3.05, 3.63) is 29.8 Å². The SMILES string of the molecule is CC(C)N1CCN(C(=O)c2ccc(S(=O)(=O)N(C)C3CCCCC3)cc2)CC1. The van der Waals surface area contributed by atoms with Crippen molar-refractivity contribution in [3.63, 3.8) is 0 Å². The summed E-state index contributed by atoms with van der Waals surface area (Å²) in [5.41, 5.74) is 0.553. The normalized spacial score (nSPS) is 20.1. The van der Waals surface area contributed by atoms with E-state index in [-0.39, 0.29) is 16.8 Å². The van der Waals surface area contributed by atoms with Crippen LogP contribution in [0.2, 0.25) is 0 Å². The van der Waals surface area contributed by atoms with Crippen molar-refractivity contribution in [1.29, 1.82) is 0 Å². The zero-order valence-electron chi connectivity index (χ0n) is 17.3. The maximum Gasteiger partial charge on any atom is 0.253 e. The highest BCUT2D eigenvalue weighted by molar-refractivity contribution is 7.89. The van der Waals surface area contributed by atoms with Crippen molar-refractivity contribution in [3.8, 4) is 0 Å². The maximum absolute atomic E-state index is 12.9. The summed E-state index contributed by atoms with van der Waals surface area (Å²) in [6.07, 6.45) is 5.21. The van der Waals surface area contributed by atoms with Crippen LogP contribution in [0.5, 0.6) is 0 Å². The molecule has 0 N–H and O–H groups in total. The first-order valence-corrected chi connectivity index (χ1v) is 11.9. The highest BCUT2D eigenvalue weighted by Crippen LogP contribution is 2.26. The van der Waals surface area contributed by atoms with Gasteiger partial charge in [-0.05, 0) is 51.0 Å². The summed E-state index contributed by atoms with van der Waals surface area (Å²) >= 11 is 0. The van der Waals surface area contributed by atoms with E-state index in [1.165, 1.54) is 10.7 Å². The van der Waals surface area contributed by atoms with Gasteiger partial charge in [-0.1, -0.05) is 19.3 Å². The van der Waals surface area contributed by atoms with Crippen molar-refractivity contribution in [2.24, 2.45) is 0 Å². The minimum absolute atomic E-state index is 0.0204. The van der Waals surface area contributed by atoms with Crippen molar-refractivity contribution in [2.45, 2.75) is 62.9 Å². The van der Waals surface area contributed by atoms with Crippen LogP contribution in [0.25, 0.3) is 0 Å². The molecule has 0 radical (unpaired) electrons. The first-order valence-electron chi connectivity index (χ1n) is 10.4. The fourth-order valence-corrected chi connectivity index (χ4v) is 5.62. The van der Waals surface area contributed by atoms with Gasteiger partial charge in [0.2, 0.25) is 10.0 Å². The van der Waals surface area contributed by atoms with E-state index >= 15 is 0 Å². The number of nitrogens with zero attached hydrogens (tertiary/aromatic N) is 3. The zero-order valence-corrected chi connectivity index (χ0v) is 18.1. The molecule has 1 amide bonds. The molecule has 0 aromatic heterocycles. The van der Waals surface area contributed by atoms with Gasteiger partial charge in [0.15, 0.2) is 0 Å². The van der Waals surface area contributed by atoms with Crippen LogP contribution >= 0.6 is 0 Å². The van der Waals surface area contributed by atoms with E-state index in [2.05, 4.69) is 18.7 Å². The lowest BCUT2D eigenvalue weighted by Gasteiger charge is -2.37. The topological polar surface area (TPSA) is 60.9 Å². The lowest BCUT2D eigenvalue weighted by Crippen LogP contribution is -2.50. The monoisotopic (exact) mass is 407 g/mol. The van der Waals surface area contributed by atoms with Gasteiger partial charge >= 0.3 is 0 Å². The van der Waals surface area contributed by atoms with E-state index in [9.17, 15) is 13.2 Å². The Hall–Kier alpha value is -1.44. The third kappa shape index (κ3) is 4.58. The molecule has 2 aliphatic rings. The van der Waals surface area contributed by atoms with E-state index in [4.69, 9.17) is 0 Å². The number of hydrogen-bond donors (Lipinski definition) is 0. The molecule has 0 unspecified atom stereocenters. The molecule has 1 aromatic carbocycles. The van der Waals surface area contributed by atoms with E-state index in [1.807, 2.05) is 4.90 Å². The van der Waals surface area contributed by atoms with Gasteiger partial charge in [0, 0.05) is 50.9 Å². The molecule has 1 heterocycles. The summed E-state index contributed by atoms with van der Waals surface area (Å²) in [6.45, 7) is 7.51. The van der Waals surface area contributed by atoms with Crippen LogP contribution < -0.4 is 0 Å². The quantitative estimate of drug-likeness (QED) is 0.753. The lowest BCUT2D eigenvalue weighted by atomic mass is 9.96. The molecule has 7 heteroatoms. The number of sulfonamides is 1. The number of carbonyl (C=O) groups excluding carboxylic acids is 1. The fraction of sp³-hybridized carbons (Fsp3) is 0.667. The second-order valence-corrected chi connectivity index (χ2v) is 10.3. The molecule has 1 aromatic rings. The van der Waals surface area contributed by atoms with Crippen LogP contribution in [0.1, 0.15) is 56.3 Å². The number of amides is 1. The number of rotatable bonds is 5. The minimum atomic E-state index is -3.52. The summed E-state index contributed by atoms with van der Waals surface area (Å²) in [5.74, 6) is -0.0204. The Balaban J connectivity index is 1.66. The largest absolute Gasteiger partial charge is 0.336 e. The molecule has 3 rings (SSSR count). The molecule has 28 heavy (non-hydrogen) atoms. The summed E-state index contributed by atoms with van der Waals surface area (Å²) < 4.78 is 27.4. The van der Waals surface area contributed by atoms with Gasteiger partial charge in [-0.3, -0.25) is 9.69 Å². The summed E-state index contributed by atoms with van der Waals surface area (Å²) in [4.78, 5) is 17.3. The smallest absolute Gasteiger partial charge is 0.253 e. The van der Waals surface area contributed by atoms with Crippen LogP contribution in [0.4, 0.5) is 0 Å². The lowest BCUT2D eigenvalue weighted by molar-refractivity contribution is 0.0595. The molecule has 6 nitrogen and oxygen atoms in total. The second-order valence-electron chi connectivity index (χ2n) is 8.26. The van der Waals surface area contributed by atoms with Gasteiger partial charge in [-0.25, -0.2) is 8.42 Å². The molecule has 0 spiro atoms. The van der Waals surface area contributed by atoms with Crippen LogP contribution in [0.15, 0.2) is 29.2 Å². The van der Waals surface area contributed by atoms with Gasteiger partial charge < -0.3 is 4.90 Å². The van der Waals surface area contributed by atoms with E-state index in [0.29, 0.717) is 24.7 Å². The van der Waals surface area contributed by atoms with Crippen LogP contribution in [0, 0.1) is 0 Å². The molecular formula is C21H33N3O3S. The molecule has 0 atom stereocenters. The Bertz CT molecular complexity index is 763. The summed E-state index contributed by atoms with van der Waals surface area (Å²) in [7, 11) is -1.84. The van der Waals surface area contributed by atoms with Gasteiger partial charge in [-0.15, -0.1) is 0 Å². The van der Waals surface area contributed by atoms with Crippen LogP contribution in [-0.4, -0.2) is 73.7 Å². The highest BCUT2D eigenvalue weighted by atomic mass is 32.2.